The van der Waals surface area contributed by atoms with Gasteiger partial charge in [0.1, 0.15) is 4.88 Å². The molecule has 0 bridgehead atoms. The molecule has 0 aliphatic carbocycles. The zero-order valence-electron chi connectivity index (χ0n) is 11.1. The molecule has 0 saturated carbocycles. The number of aryl methyl sites for hydroxylation is 1. The summed E-state index contributed by atoms with van der Waals surface area (Å²) in [5.41, 5.74) is 1.16. The van der Waals surface area contributed by atoms with E-state index in [0.717, 1.165) is 18.0 Å². The number of halogens is 1. The molecule has 1 aromatic heterocycles. The molecule has 0 radical (unpaired) electrons. The van der Waals surface area contributed by atoms with E-state index in [2.05, 4.69) is 30.8 Å². The van der Waals surface area contributed by atoms with Gasteiger partial charge >= 0.3 is 5.97 Å². The Morgan fingerprint density at radius 3 is 2.81 bits per heavy atom. The first-order chi connectivity index (χ1) is 10.0. The predicted molar refractivity (Wildman–Crippen MR) is 83.0 cm³/mol. The highest BCUT2D eigenvalue weighted by Gasteiger charge is 2.16. The summed E-state index contributed by atoms with van der Waals surface area (Å²) in [6.07, 6.45) is 1.55. The first kappa shape index (κ1) is 15.6. The molecule has 2 N–H and O–H groups in total. The number of carboxylic acids is 1. The first-order valence-electron chi connectivity index (χ1n) is 6.17. The zero-order chi connectivity index (χ0) is 15.4. The Balaban J connectivity index is 2.23. The lowest BCUT2D eigenvalue weighted by atomic mass is 10.2. The van der Waals surface area contributed by atoms with Crippen LogP contribution in [0.25, 0.3) is 0 Å². The number of anilines is 1. The van der Waals surface area contributed by atoms with Crippen molar-refractivity contribution < 1.29 is 14.7 Å². The van der Waals surface area contributed by atoms with E-state index >= 15 is 0 Å². The Labute approximate surface area is 133 Å². The first-order valence-corrected chi connectivity index (χ1v) is 7.74. The lowest BCUT2D eigenvalue weighted by Crippen LogP contribution is -2.13. The van der Waals surface area contributed by atoms with Crippen LogP contribution in [-0.4, -0.2) is 26.6 Å². The highest BCUT2D eigenvalue weighted by atomic mass is 79.9. The molecule has 0 aliphatic rings. The number of nitrogens with zero attached hydrogens (tertiary/aromatic N) is 2. The van der Waals surface area contributed by atoms with Crippen LogP contribution in [0.1, 0.15) is 39.1 Å². The molecule has 1 amide bonds. The molecule has 110 valence electrons. The molecular weight excluding hydrogens is 358 g/mol. The highest BCUT2D eigenvalue weighted by molar-refractivity contribution is 9.10. The van der Waals surface area contributed by atoms with Crippen molar-refractivity contribution in [3.8, 4) is 0 Å². The van der Waals surface area contributed by atoms with Crippen molar-refractivity contribution in [1.29, 1.82) is 0 Å². The molecular formula is C13H12BrN3O3S. The second-order valence-electron chi connectivity index (χ2n) is 4.29. The van der Waals surface area contributed by atoms with Crippen LogP contribution in [0.15, 0.2) is 22.7 Å². The van der Waals surface area contributed by atoms with Gasteiger partial charge in [-0.05, 0) is 36.2 Å². The Bertz CT molecular complexity index is 687. The molecule has 0 spiro atoms. The minimum atomic E-state index is -1.06. The third-order valence-corrected chi connectivity index (χ3v) is 3.88. The van der Waals surface area contributed by atoms with Gasteiger partial charge in [0.2, 0.25) is 0 Å². The second-order valence-corrected chi connectivity index (χ2v) is 5.96. The van der Waals surface area contributed by atoms with Gasteiger partial charge in [-0.25, -0.2) is 4.79 Å². The normalized spacial score (nSPS) is 10.4. The van der Waals surface area contributed by atoms with Gasteiger partial charge in [-0.1, -0.05) is 33.8 Å². The van der Waals surface area contributed by atoms with E-state index in [1.807, 2.05) is 6.92 Å². The van der Waals surface area contributed by atoms with E-state index in [0.29, 0.717) is 27.2 Å². The summed E-state index contributed by atoms with van der Waals surface area (Å²) in [5.74, 6) is -1.39. The minimum Gasteiger partial charge on any atom is -0.478 e. The van der Waals surface area contributed by atoms with Crippen LogP contribution >= 0.6 is 27.5 Å². The lowest BCUT2D eigenvalue weighted by Gasteiger charge is -2.06. The fourth-order valence-corrected chi connectivity index (χ4v) is 2.85. The maximum absolute atomic E-state index is 12.2. The van der Waals surface area contributed by atoms with Crippen molar-refractivity contribution in [2.45, 2.75) is 19.8 Å². The summed E-state index contributed by atoms with van der Waals surface area (Å²) in [5, 5.41) is 15.6. The van der Waals surface area contributed by atoms with Crippen molar-refractivity contribution in [2.75, 3.05) is 5.32 Å². The van der Waals surface area contributed by atoms with Gasteiger partial charge in [0.15, 0.2) is 0 Å². The summed E-state index contributed by atoms with van der Waals surface area (Å²) in [7, 11) is 0. The van der Waals surface area contributed by atoms with Gasteiger partial charge in [0.05, 0.1) is 11.3 Å². The minimum absolute atomic E-state index is 0.0934. The van der Waals surface area contributed by atoms with Crippen LogP contribution in [0.3, 0.4) is 0 Å². The molecule has 0 saturated heterocycles. The summed E-state index contributed by atoms with van der Waals surface area (Å²) < 4.78 is 4.37. The molecule has 0 atom stereocenters. The van der Waals surface area contributed by atoms with Crippen LogP contribution < -0.4 is 5.32 Å². The van der Waals surface area contributed by atoms with E-state index in [1.165, 1.54) is 12.1 Å². The van der Waals surface area contributed by atoms with Crippen LogP contribution in [-0.2, 0) is 6.42 Å². The van der Waals surface area contributed by atoms with Gasteiger partial charge in [-0.15, -0.1) is 5.10 Å². The SMILES string of the molecule is CCCc1nnsc1C(=O)Nc1cc(Br)cc(C(=O)O)c1. The number of hydrogen-bond acceptors (Lipinski definition) is 5. The summed E-state index contributed by atoms with van der Waals surface area (Å²) >= 11 is 4.25. The van der Waals surface area contributed by atoms with Crippen LogP contribution in [0.5, 0.6) is 0 Å². The predicted octanol–water partition coefficient (Wildman–Crippen LogP) is 3.20. The van der Waals surface area contributed by atoms with E-state index in [9.17, 15) is 9.59 Å². The number of nitrogens with one attached hydrogen (secondary N) is 1. The van der Waals surface area contributed by atoms with Crippen LogP contribution in [0.4, 0.5) is 5.69 Å². The van der Waals surface area contributed by atoms with E-state index in [-0.39, 0.29) is 11.5 Å². The third-order valence-electron chi connectivity index (χ3n) is 2.65. The van der Waals surface area contributed by atoms with E-state index in [4.69, 9.17) is 5.11 Å². The molecule has 1 heterocycles. The summed E-state index contributed by atoms with van der Waals surface area (Å²) in [6.45, 7) is 1.99. The zero-order valence-corrected chi connectivity index (χ0v) is 13.5. The van der Waals surface area contributed by atoms with Gasteiger partial charge < -0.3 is 10.4 Å². The largest absolute Gasteiger partial charge is 0.478 e. The van der Waals surface area contributed by atoms with E-state index in [1.54, 1.807) is 6.07 Å². The molecule has 2 rings (SSSR count). The van der Waals surface area contributed by atoms with E-state index < -0.39 is 5.97 Å². The Kier molecular flexibility index (Phi) is 5.03. The number of benzene rings is 1. The molecule has 6 nitrogen and oxygen atoms in total. The monoisotopic (exact) mass is 369 g/mol. The molecule has 0 fully saturated rings. The smallest absolute Gasteiger partial charge is 0.335 e. The van der Waals surface area contributed by atoms with Crippen molar-refractivity contribution in [3.05, 3.63) is 38.8 Å². The molecule has 0 aliphatic heterocycles. The number of carbonyl (C=O) groups is 2. The van der Waals surface area contributed by atoms with Crippen molar-refractivity contribution in [1.82, 2.24) is 9.59 Å². The molecule has 8 heteroatoms. The fraction of sp³-hybridized carbons (Fsp3) is 0.231. The van der Waals surface area contributed by atoms with Crippen molar-refractivity contribution >= 4 is 45.0 Å². The van der Waals surface area contributed by atoms with Gasteiger partial charge in [-0.2, -0.15) is 0 Å². The number of carbonyl (C=O) groups excluding carboxylic acids is 1. The number of aromatic carboxylic acids is 1. The van der Waals surface area contributed by atoms with Crippen molar-refractivity contribution in [2.24, 2.45) is 0 Å². The molecule has 0 unspecified atom stereocenters. The Hall–Kier alpha value is -1.80. The number of hydrogen-bond donors (Lipinski definition) is 2. The second kappa shape index (κ2) is 6.77. The van der Waals surface area contributed by atoms with Gasteiger partial charge in [-0.3, -0.25) is 4.79 Å². The number of rotatable bonds is 5. The highest BCUT2D eigenvalue weighted by Crippen LogP contribution is 2.21. The van der Waals surface area contributed by atoms with Crippen molar-refractivity contribution in [3.63, 3.8) is 0 Å². The maximum Gasteiger partial charge on any atom is 0.335 e. The Morgan fingerprint density at radius 1 is 1.38 bits per heavy atom. The topological polar surface area (TPSA) is 92.2 Å². The Morgan fingerprint density at radius 2 is 2.14 bits per heavy atom. The standard InChI is InChI=1S/C13H12BrN3O3S/c1-2-3-10-11(21-17-16-10)12(18)15-9-5-7(13(19)20)4-8(14)6-9/h4-6H,2-3H2,1H3,(H,15,18)(H,19,20). The summed E-state index contributed by atoms with van der Waals surface area (Å²) in [6, 6.07) is 4.51. The number of aromatic nitrogens is 2. The van der Waals surface area contributed by atoms with Gasteiger partial charge in [0, 0.05) is 10.2 Å². The average molecular weight is 370 g/mol. The van der Waals surface area contributed by atoms with Gasteiger partial charge in [0.25, 0.3) is 5.91 Å². The number of amides is 1. The molecule has 2 aromatic rings. The maximum atomic E-state index is 12.2. The fourth-order valence-electron chi connectivity index (χ4n) is 1.75. The third kappa shape index (κ3) is 3.85. The lowest BCUT2D eigenvalue weighted by molar-refractivity contribution is 0.0696. The quantitative estimate of drug-likeness (QED) is 0.843. The molecule has 21 heavy (non-hydrogen) atoms. The summed E-state index contributed by atoms with van der Waals surface area (Å²) in [4.78, 5) is 23.7. The van der Waals surface area contributed by atoms with Crippen LogP contribution in [0.2, 0.25) is 0 Å². The van der Waals surface area contributed by atoms with Crippen LogP contribution in [0, 0.1) is 0 Å². The average Bonchev–Trinajstić information content (AvgIpc) is 2.86. The number of carboxylic acid groups (broad SMARTS) is 1. The molecule has 1 aromatic carbocycles.